The Morgan fingerprint density at radius 1 is 0.265 bits per heavy atom. The van der Waals surface area contributed by atoms with Gasteiger partial charge in [0.2, 0.25) is 0 Å². The van der Waals surface area contributed by atoms with Crippen LogP contribution in [0.1, 0.15) is 164 Å². The van der Waals surface area contributed by atoms with Gasteiger partial charge < -0.3 is 41.7 Å². The van der Waals surface area contributed by atoms with Crippen molar-refractivity contribution in [1.29, 1.82) is 0 Å². The summed E-state index contributed by atoms with van der Waals surface area (Å²) in [5.41, 5.74) is 22.0. The molecule has 0 saturated carbocycles. The molecule has 0 atom stereocenters. The fourth-order valence-electron chi connectivity index (χ4n) is 14.6. The van der Waals surface area contributed by atoms with Crippen LogP contribution in [0.15, 0.2) is 268 Å². The molecule has 8 heterocycles. The third-order valence-corrected chi connectivity index (χ3v) is 26.7. The summed E-state index contributed by atoms with van der Waals surface area (Å²) in [4.78, 5) is 92.1. The standard InChI is InChI=1S/C28H27N3O2S.C27H25N3O2S.C27H27N3O2S.C26H25N3O2S/c1-4-7-22-23(6-3)30-27(31-26(22)29-21-14-12-20(13-15-21)28(32)33)25-17-16-24(34-25)19-10-8-18(5-2)9-11-19;1-4-6-22-17(3)28-26(30-25(22)29-21-13-11-20(12-14-21)27(31)32)24-16-15-23(33-24)19-9-7-18(5-2)8-10-19;1-4-17-7-9-18(10-8-17)23-15-16-24(33-23)26-29-22(6-3)21(5-2)25(30-26)28-20-13-11-19(12-14-20)27(31)32;1-4-17-6-8-18(9-7-17)22-14-15-23(32-22)25-27-16(3)21(5-2)24(29-25)28-20-12-10-19(11-13-20)26(30)31/h4,8-17H,1,5-7H2,2-3H3,(H,32,33)(H,29,30,31);4,7-16H,1,5-6H2,2-3H3,(H,31,32)(H,28,29,30);7-16H,4-6H2,1-3H3,(H,31,32)(H,28,29,30);6-15H,4-5H2,1-3H3,(H,30,31)(H,27,28,29). The first kappa shape index (κ1) is 95.0. The lowest BCUT2D eigenvalue weighted by atomic mass is 10.1. The van der Waals surface area contributed by atoms with Gasteiger partial charge in [-0.3, -0.25) is 0 Å². The molecule has 0 bridgehead atoms. The van der Waals surface area contributed by atoms with Gasteiger partial charge in [-0.15, -0.1) is 58.5 Å². The number of rotatable bonds is 32. The third kappa shape index (κ3) is 23.9. The Morgan fingerprint density at radius 3 is 0.742 bits per heavy atom. The first-order chi connectivity index (χ1) is 64.0. The molecule has 0 aliphatic heterocycles. The molecule has 8 aromatic heterocycles. The maximum absolute atomic E-state index is 11.2. The molecule has 0 spiro atoms. The first-order valence-corrected chi connectivity index (χ1v) is 47.2. The Hall–Kier alpha value is -14.6. The van der Waals surface area contributed by atoms with E-state index in [4.69, 9.17) is 60.3 Å². The van der Waals surface area contributed by atoms with Gasteiger partial charge in [-0.25, -0.2) is 59.0 Å². The molecule has 16 rings (SSSR count). The van der Waals surface area contributed by atoms with Crippen molar-refractivity contribution >= 4 is 115 Å². The number of aryl methyl sites for hydroxylation is 8. The number of carbonyl (C=O) groups is 4. The SMILES string of the molecule is C=CCc1c(C)nc(-c2ccc(-c3ccc(CC)cc3)s2)nc1Nc1ccc(C(=O)O)cc1.C=CCc1c(CC)nc(-c2ccc(-c3ccc(CC)cc3)s2)nc1Nc1ccc(C(=O)O)cc1.CCc1ccc(-c2ccc(-c3nc(C)c(CC)c(Nc4ccc(C(=O)O)cc4)n3)s2)cc1.CCc1ccc(-c2ccc(-c3nc(CC)c(CC)c(Nc4ccc(C(=O)O)cc4)n3)s2)cc1. The lowest BCUT2D eigenvalue weighted by Crippen LogP contribution is -2.07. The Kier molecular flexibility index (Phi) is 32.5. The van der Waals surface area contributed by atoms with E-state index in [-0.39, 0.29) is 22.3 Å². The molecule has 0 fully saturated rings. The van der Waals surface area contributed by atoms with Crippen molar-refractivity contribution in [2.75, 3.05) is 21.3 Å². The normalized spacial score (nSPS) is 10.8. The van der Waals surface area contributed by atoms with E-state index in [0.29, 0.717) is 47.8 Å². The molecule has 0 unspecified atom stereocenters. The van der Waals surface area contributed by atoms with Crippen LogP contribution in [-0.4, -0.2) is 84.2 Å². The highest BCUT2D eigenvalue weighted by Gasteiger charge is 2.23. The van der Waals surface area contributed by atoms with Crippen LogP contribution in [0.3, 0.4) is 0 Å². The van der Waals surface area contributed by atoms with Crippen LogP contribution in [0.25, 0.3) is 84.6 Å². The minimum Gasteiger partial charge on any atom is -0.478 e. The van der Waals surface area contributed by atoms with Gasteiger partial charge in [0.1, 0.15) is 23.3 Å². The zero-order chi connectivity index (χ0) is 93.5. The molecule has 132 heavy (non-hydrogen) atoms. The van der Waals surface area contributed by atoms with Gasteiger partial charge in [0.15, 0.2) is 23.3 Å². The maximum atomic E-state index is 11.2. The van der Waals surface area contributed by atoms with Gasteiger partial charge in [-0.2, -0.15) is 0 Å². The molecule has 24 heteroatoms. The smallest absolute Gasteiger partial charge is 0.335 e. The van der Waals surface area contributed by atoms with Crippen molar-refractivity contribution in [1.82, 2.24) is 39.9 Å². The highest BCUT2D eigenvalue weighted by molar-refractivity contribution is 7.19. The van der Waals surface area contributed by atoms with Crippen LogP contribution in [0.2, 0.25) is 0 Å². The lowest BCUT2D eigenvalue weighted by molar-refractivity contribution is 0.0686. The maximum Gasteiger partial charge on any atom is 0.335 e. The second kappa shape index (κ2) is 45.1. The van der Waals surface area contributed by atoms with Crippen molar-refractivity contribution in [3.05, 3.63) is 358 Å². The Labute approximate surface area is 785 Å². The number of thiophene rings is 4. The molecule has 0 aliphatic carbocycles. The molecule has 0 aliphatic rings. The predicted molar refractivity (Wildman–Crippen MR) is 542 cm³/mol. The van der Waals surface area contributed by atoms with Crippen molar-refractivity contribution in [3.63, 3.8) is 0 Å². The minimum absolute atomic E-state index is 0.240. The molecule has 0 amide bonds. The summed E-state index contributed by atoms with van der Waals surface area (Å²) in [6.45, 7) is 28.7. The van der Waals surface area contributed by atoms with Crippen LogP contribution in [-0.2, 0) is 64.2 Å². The van der Waals surface area contributed by atoms with E-state index in [9.17, 15) is 19.2 Å². The Bertz CT molecular complexity index is 6730. The highest BCUT2D eigenvalue weighted by Crippen LogP contribution is 2.41. The summed E-state index contributed by atoms with van der Waals surface area (Å²) < 4.78 is 0. The Balaban J connectivity index is 0.000000150. The second-order valence-corrected chi connectivity index (χ2v) is 35.2. The number of aromatic nitrogens is 8. The van der Waals surface area contributed by atoms with Crippen molar-refractivity contribution in [2.24, 2.45) is 0 Å². The molecule has 8 aromatic carbocycles. The van der Waals surface area contributed by atoms with Crippen molar-refractivity contribution in [2.45, 2.75) is 133 Å². The second-order valence-electron chi connectivity index (χ2n) is 30.8. The molecule has 20 nitrogen and oxygen atoms in total. The summed E-state index contributed by atoms with van der Waals surface area (Å²) in [6, 6.07) is 78.0. The summed E-state index contributed by atoms with van der Waals surface area (Å²) in [6.07, 6.45) is 12.2. The summed E-state index contributed by atoms with van der Waals surface area (Å²) in [5.74, 6) is 1.87. The third-order valence-electron chi connectivity index (χ3n) is 22.2. The number of nitrogens with one attached hydrogen (secondary N) is 4. The van der Waals surface area contributed by atoms with E-state index in [0.717, 1.165) is 150 Å². The Morgan fingerprint density at radius 2 is 0.492 bits per heavy atom. The molecular weight excluding hydrogens is 1720 g/mol. The molecule has 668 valence electrons. The van der Waals surface area contributed by atoms with E-state index < -0.39 is 23.9 Å². The number of carboxylic acid groups (broad SMARTS) is 4. The largest absolute Gasteiger partial charge is 0.478 e. The van der Waals surface area contributed by atoms with E-state index >= 15 is 0 Å². The quantitative estimate of drug-likeness (QED) is 0.0182. The molecule has 0 radical (unpaired) electrons. The van der Waals surface area contributed by atoms with Crippen LogP contribution in [0, 0.1) is 13.8 Å². The van der Waals surface area contributed by atoms with E-state index in [1.54, 1.807) is 142 Å². The van der Waals surface area contributed by atoms with Gasteiger partial charge in [0, 0.05) is 87.3 Å². The monoisotopic (exact) mass is 1820 g/mol. The molecule has 16 aromatic rings. The highest BCUT2D eigenvalue weighted by atomic mass is 32.1. The number of hydrogen-bond donors (Lipinski definition) is 8. The van der Waals surface area contributed by atoms with Gasteiger partial charge in [-0.05, 0) is 268 Å². The number of allylic oxidation sites excluding steroid dienone is 2. The number of nitrogens with zero attached hydrogens (tertiary/aromatic N) is 8. The average Bonchev–Trinajstić information content (AvgIpc) is 1.42. The fourth-order valence-corrected chi connectivity index (χ4v) is 18.4. The van der Waals surface area contributed by atoms with Crippen LogP contribution >= 0.6 is 45.3 Å². The summed E-state index contributed by atoms with van der Waals surface area (Å²) in [7, 11) is 0. The molecule has 8 N–H and O–H groups in total. The van der Waals surface area contributed by atoms with Crippen LogP contribution in [0.4, 0.5) is 46.0 Å². The number of carboxylic acids is 4. The minimum atomic E-state index is -0.952. The fraction of sp³-hybridized carbons (Fsp3) is 0.185. The summed E-state index contributed by atoms with van der Waals surface area (Å²) in [5, 5.41) is 50.0. The lowest BCUT2D eigenvalue weighted by Gasteiger charge is -2.15. The number of benzene rings is 8. The zero-order valence-electron chi connectivity index (χ0n) is 75.4. The van der Waals surface area contributed by atoms with Gasteiger partial charge in [-0.1, -0.05) is 165 Å². The zero-order valence-corrected chi connectivity index (χ0v) is 78.6. The van der Waals surface area contributed by atoms with Gasteiger partial charge >= 0.3 is 23.9 Å². The van der Waals surface area contributed by atoms with Gasteiger partial charge in [0.05, 0.1) is 41.8 Å². The topological polar surface area (TPSA) is 300 Å². The van der Waals surface area contributed by atoms with E-state index in [1.807, 2.05) is 26.0 Å². The molecule has 0 saturated heterocycles. The van der Waals surface area contributed by atoms with Crippen molar-refractivity contribution < 1.29 is 39.6 Å². The van der Waals surface area contributed by atoms with Crippen LogP contribution < -0.4 is 21.3 Å². The molecular formula is C108H104N12O8S4. The van der Waals surface area contributed by atoms with Crippen LogP contribution in [0.5, 0.6) is 0 Å². The van der Waals surface area contributed by atoms with Crippen molar-refractivity contribution in [3.8, 4) is 84.6 Å². The van der Waals surface area contributed by atoms with E-state index in [1.165, 1.54) is 64.0 Å². The van der Waals surface area contributed by atoms with E-state index in [2.05, 4.69) is 235 Å². The number of aromatic carboxylic acids is 4. The predicted octanol–water partition coefficient (Wildman–Crippen LogP) is 27.8. The summed E-state index contributed by atoms with van der Waals surface area (Å²) >= 11 is 6.70. The first-order valence-electron chi connectivity index (χ1n) is 44.0. The average molecular weight is 1830 g/mol. The number of anilines is 8. The number of hydrogen-bond acceptors (Lipinski definition) is 20. The van der Waals surface area contributed by atoms with Gasteiger partial charge in [0.25, 0.3) is 0 Å².